The lowest BCUT2D eigenvalue weighted by Crippen LogP contribution is -2.36. The third-order valence-corrected chi connectivity index (χ3v) is 2.27. The molecule has 2 nitrogen and oxygen atoms in total. The Bertz CT molecular complexity index is 167. The fraction of sp³-hybridized carbons (Fsp3) is 0.909. The Morgan fingerprint density at radius 2 is 2.00 bits per heavy atom. The van der Waals surface area contributed by atoms with Gasteiger partial charge in [0.1, 0.15) is 0 Å². The van der Waals surface area contributed by atoms with Crippen LogP contribution in [0.15, 0.2) is 0 Å². The minimum Gasteiger partial charge on any atom is -0.312 e. The average Bonchev–Trinajstić information content (AvgIpc) is 2.12. The SMILES string of the molecule is CCCC(CC)NCC(C)(C)C#N. The van der Waals surface area contributed by atoms with Crippen molar-refractivity contribution in [1.29, 1.82) is 5.26 Å². The first-order valence-electron chi connectivity index (χ1n) is 5.20. The molecule has 2 heteroatoms. The first-order valence-corrected chi connectivity index (χ1v) is 5.20. The summed E-state index contributed by atoms with van der Waals surface area (Å²) in [6.07, 6.45) is 3.56. The van der Waals surface area contributed by atoms with Gasteiger partial charge in [-0.1, -0.05) is 20.3 Å². The number of rotatable bonds is 6. The van der Waals surface area contributed by atoms with Gasteiger partial charge in [0.25, 0.3) is 0 Å². The maximum atomic E-state index is 8.82. The average molecular weight is 182 g/mol. The van der Waals surface area contributed by atoms with Crippen LogP contribution in [0.4, 0.5) is 0 Å². The molecule has 1 atom stereocenters. The van der Waals surface area contributed by atoms with Crippen molar-refractivity contribution in [2.24, 2.45) is 5.41 Å². The van der Waals surface area contributed by atoms with Gasteiger partial charge in [0, 0.05) is 12.6 Å². The first-order chi connectivity index (χ1) is 6.05. The second kappa shape index (κ2) is 5.99. The Kier molecular flexibility index (Phi) is 5.73. The lowest BCUT2D eigenvalue weighted by molar-refractivity contribution is 0.379. The van der Waals surface area contributed by atoms with E-state index < -0.39 is 0 Å². The third-order valence-electron chi connectivity index (χ3n) is 2.27. The predicted octanol–water partition coefficient (Wildman–Crippen LogP) is 2.70. The van der Waals surface area contributed by atoms with Crippen molar-refractivity contribution in [2.45, 2.75) is 53.0 Å². The summed E-state index contributed by atoms with van der Waals surface area (Å²) >= 11 is 0. The Morgan fingerprint density at radius 3 is 2.38 bits per heavy atom. The standard InChI is InChI=1S/C11H22N2/c1-5-7-10(6-2)13-9-11(3,4)8-12/h10,13H,5-7,9H2,1-4H3. The number of nitriles is 1. The monoisotopic (exact) mass is 182 g/mol. The molecule has 0 aliphatic heterocycles. The van der Waals surface area contributed by atoms with E-state index in [4.69, 9.17) is 5.26 Å². The zero-order valence-corrected chi connectivity index (χ0v) is 9.35. The van der Waals surface area contributed by atoms with Gasteiger partial charge in [-0.2, -0.15) is 5.26 Å². The number of nitrogens with one attached hydrogen (secondary N) is 1. The first kappa shape index (κ1) is 12.4. The molecule has 0 fully saturated rings. The van der Waals surface area contributed by atoms with Crippen molar-refractivity contribution in [3.8, 4) is 6.07 Å². The van der Waals surface area contributed by atoms with E-state index in [1.807, 2.05) is 13.8 Å². The highest BCUT2D eigenvalue weighted by Gasteiger charge is 2.17. The van der Waals surface area contributed by atoms with Crippen molar-refractivity contribution < 1.29 is 0 Å². The van der Waals surface area contributed by atoms with Crippen molar-refractivity contribution in [3.05, 3.63) is 0 Å². The Balaban J connectivity index is 3.79. The zero-order chi connectivity index (χ0) is 10.3. The second-order valence-electron chi connectivity index (χ2n) is 4.27. The van der Waals surface area contributed by atoms with Crippen LogP contribution in [0, 0.1) is 16.7 Å². The second-order valence-corrected chi connectivity index (χ2v) is 4.27. The van der Waals surface area contributed by atoms with Gasteiger partial charge >= 0.3 is 0 Å². The van der Waals surface area contributed by atoms with Gasteiger partial charge in [0.15, 0.2) is 0 Å². The van der Waals surface area contributed by atoms with Gasteiger partial charge < -0.3 is 5.32 Å². The van der Waals surface area contributed by atoms with Crippen LogP contribution in [0.5, 0.6) is 0 Å². The van der Waals surface area contributed by atoms with Gasteiger partial charge in [0.2, 0.25) is 0 Å². The van der Waals surface area contributed by atoms with E-state index in [9.17, 15) is 0 Å². The van der Waals surface area contributed by atoms with Crippen molar-refractivity contribution >= 4 is 0 Å². The summed E-state index contributed by atoms with van der Waals surface area (Å²) in [4.78, 5) is 0. The molecule has 1 N–H and O–H groups in total. The van der Waals surface area contributed by atoms with Gasteiger partial charge in [-0.25, -0.2) is 0 Å². The van der Waals surface area contributed by atoms with Crippen LogP contribution >= 0.6 is 0 Å². The highest BCUT2D eigenvalue weighted by atomic mass is 14.9. The molecule has 0 rings (SSSR count). The minimum atomic E-state index is -0.235. The highest BCUT2D eigenvalue weighted by Crippen LogP contribution is 2.12. The van der Waals surface area contributed by atoms with Gasteiger partial charge in [-0.3, -0.25) is 0 Å². The molecule has 0 radical (unpaired) electrons. The van der Waals surface area contributed by atoms with Gasteiger partial charge in [-0.05, 0) is 26.7 Å². The number of hydrogen-bond acceptors (Lipinski definition) is 2. The molecule has 0 saturated carbocycles. The fourth-order valence-corrected chi connectivity index (χ4v) is 1.24. The van der Waals surface area contributed by atoms with E-state index in [2.05, 4.69) is 25.2 Å². The van der Waals surface area contributed by atoms with Crippen LogP contribution < -0.4 is 5.32 Å². The van der Waals surface area contributed by atoms with Crippen molar-refractivity contribution in [3.63, 3.8) is 0 Å². The van der Waals surface area contributed by atoms with Crippen LogP contribution in [-0.2, 0) is 0 Å². The number of nitrogens with zero attached hydrogens (tertiary/aromatic N) is 1. The smallest absolute Gasteiger partial charge is 0.0697 e. The van der Waals surface area contributed by atoms with E-state index in [1.54, 1.807) is 0 Å². The van der Waals surface area contributed by atoms with Crippen molar-refractivity contribution in [1.82, 2.24) is 5.32 Å². The molecule has 0 bridgehead atoms. The van der Waals surface area contributed by atoms with E-state index in [0.29, 0.717) is 6.04 Å². The molecular weight excluding hydrogens is 160 g/mol. The lowest BCUT2D eigenvalue weighted by atomic mass is 9.95. The topological polar surface area (TPSA) is 35.8 Å². The van der Waals surface area contributed by atoms with E-state index >= 15 is 0 Å². The zero-order valence-electron chi connectivity index (χ0n) is 9.35. The molecule has 0 heterocycles. The van der Waals surface area contributed by atoms with E-state index in [-0.39, 0.29) is 5.41 Å². The van der Waals surface area contributed by atoms with Crippen LogP contribution in [-0.4, -0.2) is 12.6 Å². The largest absolute Gasteiger partial charge is 0.312 e. The molecule has 1 unspecified atom stereocenters. The summed E-state index contributed by atoms with van der Waals surface area (Å²) in [5.41, 5.74) is -0.235. The maximum absolute atomic E-state index is 8.82. The lowest BCUT2D eigenvalue weighted by Gasteiger charge is -2.21. The number of hydrogen-bond donors (Lipinski definition) is 1. The van der Waals surface area contributed by atoms with E-state index in [0.717, 1.165) is 13.0 Å². The molecule has 0 aromatic rings. The highest BCUT2D eigenvalue weighted by molar-refractivity contribution is 4.93. The van der Waals surface area contributed by atoms with Gasteiger partial charge in [0.05, 0.1) is 11.5 Å². The quantitative estimate of drug-likeness (QED) is 0.685. The molecule has 0 aromatic carbocycles. The van der Waals surface area contributed by atoms with Crippen LogP contribution in [0.25, 0.3) is 0 Å². The molecule has 76 valence electrons. The molecule has 0 aliphatic rings. The molecule has 0 aliphatic carbocycles. The summed E-state index contributed by atoms with van der Waals surface area (Å²) in [7, 11) is 0. The molecular formula is C11H22N2. The van der Waals surface area contributed by atoms with Crippen molar-refractivity contribution in [2.75, 3.05) is 6.54 Å². The molecule has 0 amide bonds. The summed E-state index contributed by atoms with van der Waals surface area (Å²) < 4.78 is 0. The molecule has 0 spiro atoms. The summed E-state index contributed by atoms with van der Waals surface area (Å²) in [5, 5.41) is 12.3. The van der Waals surface area contributed by atoms with E-state index in [1.165, 1.54) is 12.8 Å². The minimum absolute atomic E-state index is 0.235. The van der Waals surface area contributed by atoms with Crippen LogP contribution in [0.3, 0.4) is 0 Å². The summed E-state index contributed by atoms with van der Waals surface area (Å²) in [5.74, 6) is 0. The third kappa shape index (κ3) is 5.65. The fourth-order valence-electron chi connectivity index (χ4n) is 1.24. The van der Waals surface area contributed by atoms with Gasteiger partial charge in [-0.15, -0.1) is 0 Å². The van der Waals surface area contributed by atoms with Crippen LogP contribution in [0.1, 0.15) is 47.0 Å². The maximum Gasteiger partial charge on any atom is 0.0697 e. The molecule has 13 heavy (non-hydrogen) atoms. The normalized spacial score (nSPS) is 13.8. The molecule has 0 saturated heterocycles. The summed E-state index contributed by atoms with van der Waals surface area (Å²) in [6.45, 7) is 9.12. The Hall–Kier alpha value is -0.550. The Morgan fingerprint density at radius 1 is 1.38 bits per heavy atom. The Labute approximate surface area is 82.3 Å². The molecule has 0 aromatic heterocycles. The summed E-state index contributed by atoms with van der Waals surface area (Å²) in [6, 6.07) is 2.88. The predicted molar refractivity (Wildman–Crippen MR) is 56.4 cm³/mol. The van der Waals surface area contributed by atoms with Crippen LogP contribution in [0.2, 0.25) is 0 Å².